The minimum atomic E-state index is -0.288. The van der Waals surface area contributed by atoms with Crippen LogP contribution in [0.2, 0.25) is 5.28 Å². The Kier molecular flexibility index (Phi) is 14.0. The third-order valence-corrected chi connectivity index (χ3v) is 26.2. The molecule has 0 spiro atoms. The molecule has 0 bridgehead atoms. The first-order valence-corrected chi connectivity index (χ1v) is 38.5. The molecule has 0 saturated carbocycles. The van der Waals surface area contributed by atoms with Crippen LogP contribution >= 0.6 is 56.9 Å². The number of rotatable bonds is 4. The summed E-state index contributed by atoms with van der Waals surface area (Å²) in [5.74, 6) is 2.50. The van der Waals surface area contributed by atoms with Crippen molar-refractivity contribution < 1.29 is 9.31 Å². The van der Waals surface area contributed by atoms with Crippen LogP contribution < -0.4 is 5.46 Å². The SMILES string of the molecule is CC1(C)OB(c2ccc3ccccc3c2)OC1(C)C.Clc1nc(-n2c3ccccc3c3c4ccccc4c4c5ccccc5sc4c32)c2sc3ccccc3c2n1.c1ccc2cc(-c3nc(-n4c5ccccc5c5c6ccccc6c6c7ccccc7sc6c54)c4sc5ccccc5c4n3)ccc2c1. The van der Waals surface area contributed by atoms with Crippen molar-refractivity contribution in [3.8, 4) is 23.0 Å². The van der Waals surface area contributed by atoms with Gasteiger partial charge in [0.2, 0.25) is 5.28 Å². The molecule has 14 heteroatoms. The highest BCUT2D eigenvalue weighted by atomic mass is 35.5. The minimum Gasteiger partial charge on any atom is -0.399 e. The number of halogens is 1. The fourth-order valence-corrected chi connectivity index (χ4v) is 20.8. The number of hydrogen-bond donors (Lipinski definition) is 0. The van der Waals surface area contributed by atoms with E-state index in [0.717, 1.165) is 70.7 Å². The molecule has 0 unspecified atom stereocenters. The molecular weight excluding hydrogens is 1370 g/mol. The summed E-state index contributed by atoms with van der Waals surface area (Å²) in [7, 11) is -0.283. The van der Waals surface area contributed by atoms with Crippen LogP contribution in [0.5, 0.6) is 0 Å². The predicted molar refractivity (Wildman–Crippen MR) is 447 cm³/mol. The first-order chi connectivity index (χ1) is 51.0. The van der Waals surface area contributed by atoms with Gasteiger partial charge in [-0.05, 0) is 130 Å². The lowest BCUT2D eigenvalue weighted by Crippen LogP contribution is -2.41. The Bertz CT molecular complexity index is 7370. The molecule has 14 aromatic carbocycles. The average Bonchev–Trinajstić information content (AvgIpc) is 1.54. The standard InChI is InChI=1S/C42H23N3S2.C32H16ClN3S2.C16H19BO2/c1-2-12-25-23-26(22-21-24(25)11-1)41-43-37-31-17-7-10-20-34(31)47-40(37)42(44-41)45-32-18-8-5-15-29(32)35-27-13-3-4-14-28(27)36-30-16-6-9-19-33(30)46-39(36)38(35)45;33-32-34-27-21-13-5-8-16-24(21)38-30(27)31(35-32)36-22-14-6-3-11-19(22)25-17-9-1-2-10-18(17)26-20-12-4-7-15-23(20)37-29(26)28(25)36;1-15(2)16(3,4)19-17(18-15)14-10-9-12-7-5-6-8-13(12)11-14/h1-23H;1-16H;5-11H,1-4H3. The van der Waals surface area contributed by atoms with E-state index in [1.807, 2.05) is 22.7 Å². The monoisotopic (exact) mass is 1430 g/mol. The van der Waals surface area contributed by atoms with Crippen molar-refractivity contribution in [2.45, 2.75) is 38.9 Å². The summed E-state index contributed by atoms with van der Waals surface area (Å²) >= 11 is 13.9. The van der Waals surface area contributed by atoms with Gasteiger partial charge in [0.25, 0.3) is 0 Å². The molecule has 22 aromatic rings. The summed E-state index contributed by atoms with van der Waals surface area (Å²) in [5.41, 5.74) is 8.08. The van der Waals surface area contributed by atoms with Gasteiger partial charge in [-0.15, -0.1) is 45.3 Å². The van der Waals surface area contributed by atoms with Gasteiger partial charge < -0.3 is 9.31 Å². The van der Waals surface area contributed by atoms with Gasteiger partial charge in [0.1, 0.15) is 0 Å². The lowest BCUT2D eigenvalue weighted by atomic mass is 9.78. The van der Waals surface area contributed by atoms with Gasteiger partial charge in [0, 0.05) is 78.2 Å². The Morgan fingerprint density at radius 1 is 0.327 bits per heavy atom. The quantitative estimate of drug-likeness (QED) is 0.129. The zero-order valence-corrected chi connectivity index (χ0v) is 60.7. The van der Waals surface area contributed by atoms with E-state index < -0.39 is 0 Å². The summed E-state index contributed by atoms with van der Waals surface area (Å²) in [6.45, 7) is 8.31. The molecule has 23 rings (SSSR count). The summed E-state index contributed by atoms with van der Waals surface area (Å²) in [4.78, 5) is 20.4. The zero-order chi connectivity index (χ0) is 69.3. The highest BCUT2D eigenvalue weighted by molar-refractivity contribution is 7.28. The second-order valence-electron chi connectivity index (χ2n) is 27.8. The molecular formula is C90H58BClN6O2S4. The molecule has 1 fully saturated rings. The number of hydrogen-bond acceptors (Lipinski definition) is 10. The van der Waals surface area contributed by atoms with E-state index in [-0.39, 0.29) is 23.6 Å². The fourth-order valence-electron chi connectivity index (χ4n) is 15.9. The Hall–Kier alpha value is -11.0. The maximum absolute atomic E-state index is 6.65. The number of aromatic nitrogens is 6. The van der Waals surface area contributed by atoms with Crippen molar-refractivity contribution in [3.63, 3.8) is 0 Å². The Labute approximate surface area is 617 Å². The molecule has 1 saturated heterocycles. The molecule has 8 nitrogen and oxygen atoms in total. The average molecular weight is 1430 g/mol. The second kappa shape index (κ2) is 23.5. The van der Waals surface area contributed by atoms with Crippen LogP contribution in [0.3, 0.4) is 0 Å². The van der Waals surface area contributed by atoms with Crippen LogP contribution in [0.4, 0.5) is 0 Å². The summed E-state index contributed by atoms with van der Waals surface area (Å²) in [5, 5.41) is 22.6. The van der Waals surface area contributed by atoms with Crippen molar-refractivity contribution >= 4 is 237 Å². The number of fused-ring (bicyclic) bond motifs is 28. The van der Waals surface area contributed by atoms with Crippen LogP contribution in [0, 0.1) is 0 Å². The maximum Gasteiger partial charge on any atom is 0.494 e. The molecule has 8 aromatic heterocycles. The van der Waals surface area contributed by atoms with Gasteiger partial charge in [-0.3, -0.25) is 9.13 Å². The molecule has 1 aliphatic rings. The topological polar surface area (TPSA) is 79.9 Å². The van der Waals surface area contributed by atoms with Crippen molar-refractivity contribution in [2.24, 2.45) is 0 Å². The molecule has 0 aliphatic carbocycles. The van der Waals surface area contributed by atoms with Crippen molar-refractivity contribution in [2.75, 3.05) is 0 Å². The summed E-state index contributed by atoms with van der Waals surface area (Å²) in [6.07, 6.45) is 0. The Morgan fingerprint density at radius 3 is 1.19 bits per heavy atom. The van der Waals surface area contributed by atoms with Crippen LogP contribution in [0.1, 0.15) is 27.7 Å². The van der Waals surface area contributed by atoms with Crippen LogP contribution in [0.15, 0.2) is 279 Å². The van der Waals surface area contributed by atoms with Crippen molar-refractivity contribution in [1.29, 1.82) is 0 Å². The van der Waals surface area contributed by atoms with Gasteiger partial charge in [-0.25, -0.2) is 15.0 Å². The highest BCUT2D eigenvalue weighted by Crippen LogP contribution is 2.52. The normalized spacial score (nSPS) is 13.9. The van der Waals surface area contributed by atoms with Gasteiger partial charge in [0.05, 0.1) is 63.1 Å². The molecule has 104 heavy (non-hydrogen) atoms. The number of thiophene rings is 4. The maximum atomic E-state index is 6.65. The first-order valence-electron chi connectivity index (χ1n) is 34.9. The minimum absolute atomic E-state index is 0.260. The van der Waals surface area contributed by atoms with Gasteiger partial charge in [0.15, 0.2) is 17.5 Å². The van der Waals surface area contributed by atoms with E-state index in [9.17, 15) is 0 Å². The molecule has 0 radical (unpaired) electrons. The van der Waals surface area contributed by atoms with E-state index in [4.69, 9.17) is 40.8 Å². The largest absolute Gasteiger partial charge is 0.494 e. The highest BCUT2D eigenvalue weighted by Gasteiger charge is 2.51. The predicted octanol–water partition coefficient (Wildman–Crippen LogP) is 25.5. The molecule has 0 N–H and O–H groups in total. The van der Waals surface area contributed by atoms with Gasteiger partial charge >= 0.3 is 7.12 Å². The van der Waals surface area contributed by atoms with Gasteiger partial charge in [-0.2, -0.15) is 4.98 Å². The lowest BCUT2D eigenvalue weighted by Gasteiger charge is -2.32. The lowest BCUT2D eigenvalue weighted by molar-refractivity contribution is 0.00578. The molecule has 494 valence electrons. The molecule has 0 amide bonds. The van der Waals surface area contributed by atoms with Crippen LogP contribution in [-0.4, -0.2) is 47.4 Å². The zero-order valence-electron chi connectivity index (χ0n) is 56.6. The van der Waals surface area contributed by atoms with E-state index in [2.05, 4.69) is 316 Å². The molecule has 1 aliphatic heterocycles. The number of nitrogens with zero attached hydrogens (tertiary/aromatic N) is 6. The second-order valence-corrected chi connectivity index (χ2v) is 32.4. The number of para-hydroxylation sites is 2. The van der Waals surface area contributed by atoms with E-state index >= 15 is 0 Å². The van der Waals surface area contributed by atoms with Crippen LogP contribution in [-0.2, 0) is 9.31 Å². The van der Waals surface area contributed by atoms with Crippen molar-refractivity contribution in [3.05, 3.63) is 284 Å². The number of benzene rings is 14. The van der Waals surface area contributed by atoms with E-state index in [1.54, 1.807) is 22.7 Å². The Balaban J connectivity index is 0.000000110. The van der Waals surface area contributed by atoms with E-state index in [1.165, 1.54) is 125 Å². The fraction of sp³-hybridized carbons (Fsp3) is 0.0667. The third kappa shape index (κ3) is 9.41. The first kappa shape index (κ1) is 61.7. The summed E-state index contributed by atoms with van der Waals surface area (Å²) in [6, 6.07) is 99.5. The van der Waals surface area contributed by atoms with Crippen molar-refractivity contribution in [1.82, 2.24) is 29.1 Å². The van der Waals surface area contributed by atoms with E-state index in [0.29, 0.717) is 0 Å². The third-order valence-electron chi connectivity index (χ3n) is 21.4. The summed E-state index contributed by atoms with van der Waals surface area (Å²) < 4.78 is 26.6. The Morgan fingerprint density at radius 2 is 0.692 bits per heavy atom. The smallest absolute Gasteiger partial charge is 0.399 e. The molecule has 9 heterocycles. The van der Waals surface area contributed by atoms with Gasteiger partial charge in [-0.1, -0.05) is 237 Å². The van der Waals surface area contributed by atoms with Crippen LogP contribution in [0.25, 0.3) is 191 Å². The molecule has 0 atom stereocenters.